The van der Waals surface area contributed by atoms with Gasteiger partial charge >= 0.3 is 0 Å². The highest BCUT2D eigenvalue weighted by atomic mass is 35.5. The van der Waals surface area contributed by atoms with Gasteiger partial charge < -0.3 is 20.2 Å². The number of benzene rings is 3. The summed E-state index contributed by atoms with van der Waals surface area (Å²) in [5, 5.41) is 17.2. The highest BCUT2D eigenvalue weighted by Crippen LogP contribution is 2.31. The average Bonchev–Trinajstić information content (AvgIpc) is 3.06. The van der Waals surface area contributed by atoms with Gasteiger partial charge in [0.1, 0.15) is 18.0 Å². The molecular weight excluding hydrogens is 604 g/mol. The third-order valence-corrected chi connectivity index (χ3v) is 8.40. The van der Waals surface area contributed by atoms with E-state index in [2.05, 4.69) is 29.0 Å². The van der Waals surface area contributed by atoms with Crippen molar-refractivity contribution in [3.8, 4) is 5.75 Å². The first-order chi connectivity index (χ1) is 22.3. The lowest BCUT2D eigenvalue weighted by Gasteiger charge is -2.54. The van der Waals surface area contributed by atoms with Crippen LogP contribution < -0.4 is 5.32 Å². The van der Waals surface area contributed by atoms with E-state index < -0.39 is 12.2 Å². The third-order valence-electron chi connectivity index (χ3n) is 8.07. The quantitative estimate of drug-likeness (QED) is 0.210. The molecule has 238 valence electrons. The van der Waals surface area contributed by atoms with Crippen LogP contribution in [0.3, 0.4) is 0 Å². The van der Waals surface area contributed by atoms with Crippen molar-refractivity contribution < 1.29 is 19.5 Å². The van der Waals surface area contributed by atoms with Crippen LogP contribution in [0.5, 0.6) is 5.75 Å². The Bertz CT molecular complexity index is 1690. The van der Waals surface area contributed by atoms with Gasteiger partial charge in [-0.05, 0) is 54.1 Å². The maximum Gasteiger partial charge on any atom is 0.246 e. The Morgan fingerprint density at radius 1 is 1.02 bits per heavy atom. The van der Waals surface area contributed by atoms with Gasteiger partial charge in [0, 0.05) is 42.7 Å². The zero-order valence-corrected chi connectivity index (χ0v) is 26.4. The fourth-order valence-electron chi connectivity index (χ4n) is 5.93. The Balaban J connectivity index is 0.000000400. The zero-order valence-electron chi connectivity index (χ0n) is 25.6. The summed E-state index contributed by atoms with van der Waals surface area (Å²) >= 11 is 6.37. The Hall–Kier alpha value is -4.77. The fraction of sp³-hybridized carbons (Fsp3) is 0.257. The largest absolute Gasteiger partial charge is 0.508 e. The number of aromatic hydroxyl groups is 1. The van der Waals surface area contributed by atoms with E-state index in [0.29, 0.717) is 23.5 Å². The maximum atomic E-state index is 13.9. The smallest absolute Gasteiger partial charge is 0.246 e. The molecule has 6 rings (SSSR count). The number of phenols is 1. The van der Waals surface area contributed by atoms with Crippen LogP contribution >= 0.6 is 11.6 Å². The number of phenolic OH excluding ortho intramolecular Hbond substituents is 1. The van der Waals surface area contributed by atoms with Crippen molar-refractivity contribution in [2.24, 2.45) is 0 Å². The lowest BCUT2D eigenvalue weighted by atomic mass is 9.98. The summed E-state index contributed by atoms with van der Waals surface area (Å²) in [5.41, 5.74) is 3.63. The number of fused-ring (bicyclic) bond motifs is 2. The van der Waals surface area contributed by atoms with E-state index in [4.69, 9.17) is 11.6 Å². The highest BCUT2D eigenvalue weighted by molar-refractivity contribution is 6.35. The first-order valence-electron chi connectivity index (χ1n) is 15.0. The molecule has 2 fully saturated rings. The number of carbonyl (C=O) groups is 3. The van der Waals surface area contributed by atoms with Crippen molar-refractivity contribution in [1.82, 2.24) is 30.1 Å². The van der Waals surface area contributed by atoms with E-state index >= 15 is 0 Å². The van der Waals surface area contributed by atoms with Gasteiger partial charge in [0.25, 0.3) is 0 Å². The number of nitrogens with one attached hydrogen (secondary N) is 1. The van der Waals surface area contributed by atoms with Crippen molar-refractivity contribution in [3.63, 3.8) is 0 Å². The van der Waals surface area contributed by atoms with Gasteiger partial charge in [0.05, 0.1) is 18.6 Å². The molecule has 11 heteroatoms. The minimum Gasteiger partial charge on any atom is -0.508 e. The molecule has 3 amide bonds. The number of rotatable bonds is 9. The number of pyridine rings is 1. The number of nitrogens with zero attached hydrogens (tertiary/aromatic N) is 5. The summed E-state index contributed by atoms with van der Waals surface area (Å²) in [4.78, 5) is 47.1. The van der Waals surface area contributed by atoms with Gasteiger partial charge in [-0.2, -0.15) is 0 Å². The summed E-state index contributed by atoms with van der Waals surface area (Å²) in [7, 11) is 1.95. The van der Waals surface area contributed by atoms with Crippen molar-refractivity contribution in [2.45, 2.75) is 31.7 Å². The molecule has 0 aliphatic carbocycles. The van der Waals surface area contributed by atoms with Gasteiger partial charge in [-0.3, -0.25) is 24.4 Å². The van der Waals surface area contributed by atoms with Gasteiger partial charge in [0.15, 0.2) is 0 Å². The Kier molecular flexibility index (Phi) is 10.6. The number of halogens is 1. The van der Waals surface area contributed by atoms with Gasteiger partial charge in [-0.25, -0.2) is 5.01 Å². The van der Waals surface area contributed by atoms with Crippen LogP contribution in [0.2, 0.25) is 5.02 Å². The molecule has 1 unspecified atom stereocenters. The predicted molar refractivity (Wildman–Crippen MR) is 177 cm³/mol. The van der Waals surface area contributed by atoms with Crippen LogP contribution in [0.15, 0.2) is 97.7 Å². The lowest BCUT2D eigenvalue weighted by Crippen LogP contribution is -2.74. The van der Waals surface area contributed by atoms with Crippen molar-refractivity contribution in [2.75, 3.05) is 26.7 Å². The summed E-state index contributed by atoms with van der Waals surface area (Å²) in [6.45, 7) is 5.36. The Labute approximate surface area is 273 Å². The molecule has 0 radical (unpaired) electrons. The summed E-state index contributed by atoms with van der Waals surface area (Å²) < 4.78 is 0. The number of carbonyl (C=O) groups excluding carboxylic acids is 3. The topological polar surface area (TPSA) is 109 Å². The average molecular weight is 641 g/mol. The molecule has 3 aromatic carbocycles. The third kappa shape index (κ3) is 7.20. The van der Waals surface area contributed by atoms with E-state index in [0.717, 1.165) is 23.1 Å². The van der Waals surface area contributed by atoms with Crippen LogP contribution in [0.25, 0.3) is 10.9 Å². The number of piperazine rings is 1. The zero-order chi connectivity index (χ0) is 32.6. The normalized spacial score (nSPS) is 18.2. The minimum absolute atomic E-state index is 0.0354. The van der Waals surface area contributed by atoms with Gasteiger partial charge in [0.2, 0.25) is 18.2 Å². The predicted octanol–water partition coefficient (Wildman–Crippen LogP) is 3.98. The minimum atomic E-state index is -0.823. The molecule has 2 N–H and O–H groups in total. The van der Waals surface area contributed by atoms with Crippen molar-refractivity contribution >= 4 is 40.7 Å². The number of amides is 3. The fourth-order valence-corrected chi connectivity index (χ4v) is 6.14. The van der Waals surface area contributed by atoms with E-state index in [1.807, 2.05) is 37.4 Å². The van der Waals surface area contributed by atoms with Crippen molar-refractivity contribution in [3.05, 3.63) is 119 Å². The molecule has 0 saturated carbocycles. The van der Waals surface area contributed by atoms with Crippen LogP contribution in [0.4, 0.5) is 0 Å². The second-order valence-corrected chi connectivity index (χ2v) is 11.5. The van der Waals surface area contributed by atoms with E-state index in [1.54, 1.807) is 58.6 Å². The first-order valence-corrected chi connectivity index (χ1v) is 15.4. The van der Waals surface area contributed by atoms with Gasteiger partial charge in [-0.1, -0.05) is 66.2 Å². The Morgan fingerprint density at radius 2 is 1.78 bits per heavy atom. The van der Waals surface area contributed by atoms with E-state index in [-0.39, 0.29) is 43.6 Å². The molecule has 4 aromatic rings. The number of hydrogen-bond acceptors (Lipinski definition) is 7. The summed E-state index contributed by atoms with van der Waals surface area (Å²) in [6, 6.07) is 23.4. The molecule has 10 nitrogen and oxygen atoms in total. The molecule has 2 aliphatic rings. The van der Waals surface area contributed by atoms with Crippen LogP contribution in [-0.4, -0.2) is 87.0 Å². The molecule has 2 saturated heterocycles. The number of hydrazine groups is 1. The van der Waals surface area contributed by atoms with E-state index in [1.165, 1.54) is 15.5 Å². The molecule has 0 spiro atoms. The van der Waals surface area contributed by atoms with E-state index in [9.17, 15) is 19.5 Å². The van der Waals surface area contributed by atoms with Crippen molar-refractivity contribution in [1.29, 1.82) is 0 Å². The number of aromatic nitrogens is 1. The molecule has 0 bridgehead atoms. The SMILES string of the molecule is C=CCN1CC(=O)N2C(CN(Cc3ccc(Cl)c4cccnc34)C(=O)[C@@H]2Cc2ccc(O)cc2)N1C=O.CNCc1ccccc1. The molecule has 1 aromatic heterocycles. The van der Waals surface area contributed by atoms with Crippen LogP contribution in [0.1, 0.15) is 16.7 Å². The summed E-state index contributed by atoms with van der Waals surface area (Å²) in [6.07, 6.45) is 3.57. The Morgan fingerprint density at radius 3 is 2.48 bits per heavy atom. The lowest BCUT2D eigenvalue weighted by molar-refractivity contribution is -0.199. The first kappa shape index (κ1) is 32.6. The monoisotopic (exact) mass is 640 g/mol. The van der Waals surface area contributed by atoms with Gasteiger partial charge in [-0.15, -0.1) is 6.58 Å². The molecular formula is C35H37ClN6O4. The molecule has 2 aliphatic heterocycles. The van der Waals surface area contributed by atoms with Crippen LogP contribution in [-0.2, 0) is 33.9 Å². The molecule has 3 heterocycles. The second-order valence-electron chi connectivity index (χ2n) is 11.1. The second kappa shape index (κ2) is 15.0. The van der Waals surface area contributed by atoms with Crippen LogP contribution in [0, 0.1) is 0 Å². The standard InChI is InChI=1S/C27H26ClN5O4.C8H11N/c1-2-12-31-16-25(36)33-23(13-18-5-8-20(35)9-6-18)27(37)30(15-24(33)32(31)17-34)14-19-7-10-22(28)21-4-3-11-29-26(19)21;1-9-7-8-5-3-2-4-6-8/h2-11,17,23-24,35H,1,12-16H2;2-6,9H,7H2,1H3/t23-,24?;/m0./s1. The highest BCUT2D eigenvalue weighted by Gasteiger charge is 2.49. The number of hydrogen-bond donors (Lipinski definition) is 2. The molecule has 46 heavy (non-hydrogen) atoms. The maximum absolute atomic E-state index is 13.9. The molecule has 2 atom stereocenters. The summed E-state index contributed by atoms with van der Waals surface area (Å²) in [5.74, 6) is -0.346.